The molecule has 0 saturated carbocycles. The summed E-state index contributed by atoms with van der Waals surface area (Å²) >= 11 is 0. The molecule has 0 radical (unpaired) electrons. The molecule has 0 aromatic carbocycles. The van der Waals surface area contributed by atoms with Crippen molar-refractivity contribution < 1.29 is 14.6 Å². The van der Waals surface area contributed by atoms with E-state index in [9.17, 15) is 4.79 Å². The molecule has 1 rings (SSSR count). The summed E-state index contributed by atoms with van der Waals surface area (Å²) < 4.78 is 5.07. The number of morpholine rings is 1. The van der Waals surface area contributed by atoms with Gasteiger partial charge in [-0.3, -0.25) is 4.79 Å². The van der Waals surface area contributed by atoms with Crippen LogP contribution in [0.5, 0.6) is 0 Å². The number of hydrogen-bond acceptors (Lipinski definition) is 3. The van der Waals surface area contributed by atoms with Crippen LogP contribution in [0.1, 0.15) is 26.2 Å². The first-order chi connectivity index (χ1) is 6.79. The number of carbonyl (C=O) groups excluding carboxylic acids is 1. The van der Waals surface area contributed by atoms with Crippen molar-refractivity contribution in [2.24, 2.45) is 0 Å². The van der Waals surface area contributed by atoms with Crippen LogP contribution in [0.4, 0.5) is 0 Å². The number of unbranched alkanes of at least 4 members (excludes halogenated alkanes) is 2. The van der Waals surface area contributed by atoms with E-state index >= 15 is 0 Å². The number of ether oxygens (including phenoxy) is 1. The van der Waals surface area contributed by atoms with Crippen molar-refractivity contribution in [1.29, 1.82) is 0 Å². The van der Waals surface area contributed by atoms with Crippen LogP contribution in [-0.4, -0.2) is 48.3 Å². The van der Waals surface area contributed by atoms with Crippen LogP contribution in [0.3, 0.4) is 0 Å². The largest absolute Gasteiger partial charge is 0.394 e. The minimum Gasteiger partial charge on any atom is -0.394 e. The van der Waals surface area contributed by atoms with E-state index < -0.39 is 0 Å². The van der Waals surface area contributed by atoms with E-state index in [2.05, 4.69) is 6.92 Å². The predicted molar refractivity (Wildman–Crippen MR) is 52.9 cm³/mol. The summed E-state index contributed by atoms with van der Waals surface area (Å²) in [6, 6.07) is -0.131. The third-order valence-corrected chi connectivity index (χ3v) is 2.51. The first-order valence-electron chi connectivity index (χ1n) is 5.27. The molecule has 1 atom stereocenters. The molecule has 0 bridgehead atoms. The second-order valence-corrected chi connectivity index (χ2v) is 3.65. The fourth-order valence-corrected chi connectivity index (χ4v) is 1.65. The zero-order valence-corrected chi connectivity index (χ0v) is 8.74. The number of amides is 1. The van der Waals surface area contributed by atoms with Gasteiger partial charge in [0.1, 0.15) is 6.61 Å². The Morgan fingerprint density at radius 2 is 2.36 bits per heavy atom. The Morgan fingerprint density at radius 3 is 3.00 bits per heavy atom. The van der Waals surface area contributed by atoms with Crippen LogP contribution in [0.2, 0.25) is 0 Å². The summed E-state index contributed by atoms with van der Waals surface area (Å²) in [5, 5.41) is 9.06. The number of hydrogen-bond donors (Lipinski definition) is 1. The van der Waals surface area contributed by atoms with Gasteiger partial charge in [0, 0.05) is 6.54 Å². The lowest BCUT2D eigenvalue weighted by molar-refractivity contribution is -0.150. The summed E-state index contributed by atoms with van der Waals surface area (Å²) in [5.41, 5.74) is 0. The van der Waals surface area contributed by atoms with Crippen molar-refractivity contribution in [3.8, 4) is 0 Å². The highest BCUT2D eigenvalue weighted by Gasteiger charge is 2.27. The Morgan fingerprint density at radius 1 is 1.57 bits per heavy atom. The van der Waals surface area contributed by atoms with Crippen molar-refractivity contribution in [3.63, 3.8) is 0 Å². The highest BCUT2D eigenvalue weighted by Crippen LogP contribution is 2.09. The van der Waals surface area contributed by atoms with E-state index in [1.807, 2.05) is 0 Å². The van der Waals surface area contributed by atoms with Crippen LogP contribution >= 0.6 is 0 Å². The van der Waals surface area contributed by atoms with Gasteiger partial charge in [-0.25, -0.2) is 0 Å². The van der Waals surface area contributed by atoms with E-state index in [1.54, 1.807) is 4.90 Å². The minimum absolute atomic E-state index is 0.00212. The van der Waals surface area contributed by atoms with Gasteiger partial charge in [0.2, 0.25) is 5.91 Å². The summed E-state index contributed by atoms with van der Waals surface area (Å²) in [4.78, 5) is 13.2. The third kappa shape index (κ3) is 2.96. The highest BCUT2D eigenvalue weighted by atomic mass is 16.5. The molecule has 1 aliphatic rings. The molecule has 1 aliphatic heterocycles. The van der Waals surface area contributed by atoms with Gasteiger partial charge >= 0.3 is 0 Å². The number of rotatable bonds is 5. The van der Waals surface area contributed by atoms with Gasteiger partial charge in [0.05, 0.1) is 19.3 Å². The Kier molecular flexibility index (Phi) is 4.90. The third-order valence-electron chi connectivity index (χ3n) is 2.51. The molecule has 82 valence electrons. The smallest absolute Gasteiger partial charge is 0.248 e. The van der Waals surface area contributed by atoms with Gasteiger partial charge in [-0.05, 0) is 6.42 Å². The highest BCUT2D eigenvalue weighted by molar-refractivity contribution is 5.78. The quantitative estimate of drug-likeness (QED) is 0.655. The molecule has 4 heteroatoms. The zero-order chi connectivity index (χ0) is 10.4. The summed E-state index contributed by atoms with van der Waals surface area (Å²) in [6.45, 7) is 3.51. The SMILES string of the molecule is CCCCCN1C(=O)COCC1CO. The molecular weight excluding hydrogens is 182 g/mol. The molecule has 1 fully saturated rings. The first-order valence-corrected chi connectivity index (χ1v) is 5.27. The maximum absolute atomic E-state index is 11.4. The van der Waals surface area contributed by atoms with E-state index in [4.69, 9.17) is 9.84 Å². The van der Waals surface area contributed by atoms with Gasteiger partial charge in [0.15, 0.2) is 0 Å². The van der Waals surface area contributed by atoms with Gasteiger partial charge in [0.25, 0.3) is 0 Å². The molecule has 0 aromatic rings. The Labute approximate surface area is 84.8 Å². The molecule has 1 saturated heterocycles. The average molecular weight is 201 g/mol. The van der Waals surface area contributed by atoms with Gasteiger partial charge in [-0.2, -0.15) is 0 Å². The molecule has 1 heterocycles. The molecule has 4 nitrogen and oxygen atoms in total. The lowest BCUT2D eigenvalue weighted by atomic mass is 10.2. The fraction of sp³-hybridized carbons (Fsp3) is 0.900. The Hall–Kier alpha value is -0.610. The van der Waals surface area contributed by atoms with E-state index in [-0.39, 0.29) is 25.2 Å². The molecule has 1 unspecified atom stereocenters. The number of aliphatic hydroxyl groups excluding tert-OH is 1. The van der Waals surface area contributed by atoms with Crippen LogP contribution in [0, 0.1) is 0 Å². The minimum atomic E-state index is -0.131. The number of nitrogens with zero attached hydrogens (tertiary/aromatic N) is 1. The van der Waals surface area contributed by atoms with Crippen molar-refractivity contribution in [1.82, 2.24) is 4.90 Å². The zero-order valence-electron chi connectivity index (χ0n) is 8.74. The van der Waals surface area contributed by atoms with E-state index in [0.717, 1.165) is 25.8 Å². The van der Waals surface area contributed by atoms with Crippen LogP contribution in [-0.2, 0) is 9.53 Å². The Bertz CT molecular complexity index is 184. The van der Waals surface area contributed by atoms with E-state index in [1.165, 1.54) is 0 Å². The summed E-state index contributed by atoms with van der Waals surface area (Å²) in [5.74, 6) is 0.00593. The predicted octanol–water partition coefficient (Wildman–Crippen LogP) is 0.396. The van der Waals surface area contributed by atoms with Gasteiger partial charge in [-0.1, -0.05) is 19.8 Å². The van der Waals surface area contributed by atoms with E-state index in [0.29, 0.717) is 6.61 Å². The molecule has 1 N–H and O–H groups in total. The molecule has 1 amide bonds. The molecule has 14 heavy (non-hydrogen) atoms. The van der Waals surface area contributed by atoms with Crippen LogP contribution in [0.25, 0.3) is 0 Å². The van der Waals surface area contributed by atoms with Crippen molar-refractivity contribution in [3.05, 3.63) is 0 Å². The van der Waals surface area contributed by atoms with Crippen molar-refractivity contribution >= 4 is 5.91 Å². The summed E-state index contributed by atoms with van der Waals surface area (Å²) in [6.07, 6.45) is 3.28. The van der Waals surface area contributed by atoms with Gasteiger partial charge in [-0.15, -0.1) is 0 Å². The maximum atomic E-state index is 11.4. The fourth-order valence-electron chi connectivity index (χ4n) is 1.65. The molecule has 0 aliphatic carbocycles. The maximum Gasteiger partial charge on any atom is 0.248 e. The lowest BCUT2D eigenvalue weighted by Gasteiger charge is -2.34. The molecule has 0 spiro atoms. The van der Waals surface area contributed by atoms with Crippen LogP contribution < -0.4 is 0 Å². The topological polar surface area (TPSA) is 49.8 Å². The number of aliphatic hydroxyl groups is 1. The van der Waals surface area contributed by atoms with Crippen LogP contribution in [0.15, 0.2) is 0 Å². The molecule has 0 aromatic heterocycles. The second kappa shape index (κ2) is 5.98. The normalized spacial score (nSPS) is 22.9. The molecular formula is C10H19NO3. The van der Waals surface area contributed by atoms with Crippen molar-refractivity contribution in [2.45, 2.75) is 32.2 Å². The second-order valence-electron chi connectivity index (χ2n) is 3.65. The lowest BCUT2D eigenvalue weighted by Crippen LogP contribution is -2.51. The first kappa shape index (κ1) is 11.5. The summed E-state index contributed by atoms with van der Waals surface area (Å²) in [7, 11) is 0. The van der Waals surface area contributed by atoms with Crippen molar-refractivity contribution in [2.75, 3.05) is 26.4 Å². The van der Waals surface area contributed by atoms with Gasteiger partial charge < -0.3 is 14.7 Å². The number of carbonyl (C=O) groups is 1. The average Bonchev–Trinajstić information content (AvgIpc) is 2.20. The monoisotopic (exact) mass is 201 g/mol. The Balaban J connectivity index is 2.38. The standard InChI is InChI=1S/C10H19NO3/c1-2-3-4-5-11-9(6-12)7-14-8-10(11)13/h9,12H,2-8H2,1H3.